The van der Waals surface area contributed by atoms with E-state index in [0.717, 1.165) is 0 Å². The van der Waals surface area contributed by atoms with Gasteiger partial charge in [0.15, 0.2) is 0 Å². The molecule has 0 aliphatic heterocycles. The van der Waals surface area contributed by atoms with Crippen molar-refractivity contribution in [1.82, 2.24) is 5.32 Å². The monoisotopic (exact) mass is 331 g/mol. The number of ether oxygens (including phenoxy) is 1. The number of anilines is 1. The molecule has 0 radical (unpaired) electrons. The first-order valence-electron chi connectivity index (χ1n) is 7.15. The zero-order valence-corrected chi connectivity index (χ0v) is 13.0. The van der Waals surface area contributed by atoms with Gasteiger partial charge in [-0.15, -0.1) is 0 Å². The number of nitrogens with one attached hydrogen (secondary N) is 2. The number of aromatic hydroxyl groups is 1. The van der Waals surface area contributed by atoms with Crippen molar-refractivity contribution in [2.24, 2.45) is 0 Å². The maximum absolute atomic E-state index is 12.0. The quantitative estimate of drug-likeness (QED) is 0.407. The lowest BCUT2D eigenvalue weighted by Gasteiger charge is -2.09. The zero-order chi connectivity index (χ0) is 17.5. The molecular weight excluding hydrogens is 314 g/mol. The normalized spacial score (nSPS) is 10.0. The Labute approximate surface area is 138 Å². The highest BCUT2D eigenvalue weighted by Crippen LogP contribution is 2.23. The molecule has 0 aliphatic carbocycles. The van der Waals surface area contributed by atoms with E-state index in [4.69, 9.17) is 4.74 Å². The van der Waals surface area contributed by atoms with E-state index in [-0.39, 0.29) is 17.0 Å². The molecule has 0 fully saturated rings. The topological polar surface area (TPSA) is 114 Å². The van der Waals surface area contributed by atoms with Gasteiger partial charge in [0.05, 0.1) is 17.6 Å². The highest BCUT2D eigenvalue weighted by Gasteiger charge is 2.11. The summed E-state index contributed by atoms with van der Waals surface area (Å²) in [6.45, 7) is 0.752. The molecule has 0 bridgehead atoms. The number of nitro benzene ring substituents is 1. The van der Waals surface area contributed by atoms with Crippen LogP contribution in [0.3, 0.4) is 0 Å². The van der Waals surface area contributed by atoms with Crippen molar-refractivity contribution in [3.63, 3.8) is 0 Å². The predicted octanol–water partition coefficient (Wildman–Crippen LogP) is 2.15. The van der Waals surface area contributed by atoms with E-state index < -0.39 is 10.8 Å². The van der Waals surface area contributed by atoms with Crippen LogP contribution < -0.4 is 15.4 Å². The van der Waals surface area contributed by atoms with E-state index >= 15 is 0 Å². The van der Waals surface area contributed by atoms with Crippen molar-refractivity contribution in [2.45, 2.75) is 0 Å². The molecule has 2 aromatic rings. The number of phenolic OH excluding ortho intramolecular Hbond substituents is 1. The summed E-state index contributed by atoms with van der Waals surface area (Å²) < 4.78 is 4.96. The fourth-order valence-corrected chi connectivity index (χ4v) is 2.01. The molecule has 8 heteroatoms. The zero-order valence-electron chi connectivity index (χ0n) is 13.0. The first-order valence-corrected chi connectivity index (χ1v) is 7.15. The first kappa shape index (κ1) is 17.1. The van der Waals surface area contributed by atoms with Crippen LogP contribution in [-0.4, -0.2) is 36.1 Å². The SMILES string of the molecule is COc1ccc(C(=O)NCCNc2ccc([N+](=O)[O-])cc2)c(O)c1. The third-order valence-electron chi connectivity index (χ3n) is 3.27. The number of non-ortho nitro benzene ring substituents is 1. The standard InChI is InChI=1S/C16H17N3O5/c1-24-13-6-7-14(15(20)10-13)16(21)18-9-8-17-11-2-4-12(5-3-11)19(22)23/h2-7,10,17,20H,8-9H2,1H3,(H,18,21). The number of carbonyl (C=O) groups is 1. The van der Waals surface area contributed by atoms with Crippen LogP contribution >= 0.6 is 0 Å². The Morgan fingerprint density at radius 2 is 1.92 bits per heavy atom. The molecule has 0 atom stereocenters. The average molecular weight is 331 g/mol. The van der Waals surface area contributed by atoms with E-state index in [1.165, 1.54) is 31.4 Å². The highest BCUT2D eigenvalue weighted by molar-refractivity contribution is 5.97. The first-order chi connectivity index (χ1) is 11.5. The Hall–Kier alpha value is -3.29. The summed E-state index contributed by atoms with van der Waals surface area (Å²) in [7, 11) is 1.47. The maximum Gasteiger partial charge on any atom is 0.269 e. The lowest BCUT2D eigenvalue weighted by Crippen LogP contribution is -2.28. The van der Waals surface area contributed by atoms with Gasteiger partial charge in [0.1, 0.15) is 11.5 Å². The van der Waals surface area contributed by atoms with Crippen molar-refractivity contribution < 1.29 is 19.6 Å². The molecule has 0 aliphatic rings. The average Bonchev–Trinajstić information content (AvgIpc) is 2.58. The van der Waals surface area contributed by atoms with Crippen molar-refractivity contribution >= 4 is 17.3 Å². The van der Waals surface area contributed by atoms with Crippen LogP contribution in [0.2, 0.25) is 0 Å². The van der Waals surface area contributed by atoms with Gasteiger partial charge in [-0.05, 0) is 24.3 Å². The molecule has 0 saturated heterocycles. The van der Waals surface area contributed by atoms with Gasteiger partial charge in [0.2, 0.25) is 0 Å². The molecule has 0 spiro atoms. The number of carbonyl (C=O) groups excluding carboxylic acids is 1. The Kier molecular flexibility index (Phi) is 5.56. The van der Waals surface area contributed by atoms with E-state index in [1.54, 1.807) is 18.2 Å². The van der Waals surface area contributed by atoms with Gasteiger partial charge in [-0.1, -0.05) is 0 Å². The number of amides is 1. The Bertz CT molecular complexity index is 731. The minimum atomic E-state index is -0.467. The van der Waals surface area contributed by atoms with Crippen LogP contribution in [0.25, 0.3) is 0 Å². The van der Waals surface area contributed by atoms with E-state index in [9.17, 15) is 20.0 Å². The Morgan fingerprint density at radius 1 is 1.21 bits per heavy atom. The summed E-state index contributed by atoms with van der Waals surface area (Å²) in [5, 5.41) is 26.0. The fourth-order valence-electron chi connectivity index (χ4n) is 2.01. The maximum atomic E-state index is 12.0. The minimum absolute atomic E-state index is 0.0174. The Morgan fingerprint density at radius 3 is 2.50 bits per heavy atom. The molecule has 0 aromatic heterocycles. The molecular formula is C16H17N3O5. The van der Waals surface area contributed by atoms with Crippen LogP contribution in [0.4, 0.5) is 11.4 Å². The largest absolute Gasteiger partial charge is 0.507 e. The lowest BCUT2D eigenvalue weighted by atomic mass is 10.2. The van der Waals surface area contributed by atoms with Gasteiger partial charge in [-0.25, -0.2) is 0 Å². The Balaban J connectivity index is 1.81. The van der Waals surface area contributed by atoms with Gasteiger partial charge >= 0.3 is 0 Å². The summed E-state index contributed by atoms with van der Waals surface area (Å²) >= 11 is 0. The van der Waals surface area contributed by atoms with E-state index in [1.807, 2.05) is 0 Å². The number of methoxy groups -OCH3 is 1. The van der Waals surface area contributed by atoms with Crippen molar-refractivity contribution in [3.05, 3.63) is 58.1 Å². The number of nitrogens with zero attached hydrogens (tertiary/aromatic N) is 1. The molecule has 126 valence electrons. The van der Waals surface area contributed by atoms with Crippen LogP contribution in [0.15, 0.2) is 42.5 Å². The second-order valence-electron chi connectivity index (χ2n) is 4.87. The van der Waals surface area contributed by atoms with E-state index in [0.29, 0.717) is 24.5 Å². The molecule has 2 aromatic carbocycles. The lowest BCUT2D eigenvalue weighted by molar-refractivity contribution is -0.384. The molecule has 24 heavy (non-hydrogen) atoms. The molecule has 1 amide bonds. The van der Waals surface area contributed by atoms with Gasteiger partial charge < -0.3 is 20.5 Å². The van der Waals surface area contributed by atoms with Crippen molar-refractivity contribution in [1.29, 1.82) is 0 Å². The number of nitro groups is 1. The van der Waals surface area contributed by atoms with Crippen LogP contribution in [0.5, 0.6) is 11.5 Å². The third kappa shape index (κ3) is 4.35. The minimum Gasteiger partial charge on any atom is -0.507 e. The second kappa shape index (κ2) is 7.82. The molecule has 0 unspecified atom stereocenters. The highest BCUT2D eigenvalue weighted by atomic mass is 16.6. The third-order valence-corrected chi connectivity index (χ3v) is 3.27. The van der Waals surface area contributed by atoms with E-state index in [2.05, 4.69) is 10.6 Å². The number of rotatable bonds is 7. The summed E-state index contributed by atoms with van der Waals surface area (Å²) in [6.07, 6.45) is 0. The smallest absolute Gasteiger partial charge is 0.269 e. The van der Waals surface area contributed by atoms with Crippen molar-refractivity contribution in [3.8, 4) is 11.5 Å². The van der Waals surface area contributed by atoms with Gasteiger partial charge in [0.25, 0.3) is 11.6 Å². The van der Waals surface area contributed by atoms with Crippen LogP contribution in [-0.2, 0) is 0 Å². The molecule has 3 N–H and O–H groups in total. The number of benzene rings is 2. The predicted molar refractivity (Wildman–Crippen MR) is 88.6 cm³/mol. The number of hydrogen-bond donors (Lipinski definition) is 3. The molecule has 8 nitrogen and oxygen atoms in total. The number of hydrogen-bond acceptors (Lipinski definition) is 6. The van der Waals surface area contributed by atoms with Crippen molar-refractivity contribution in [2.75, 3.05) is 25.5 Å². The van der Waals surface area contributed by atoms with Gasteiger partial charge in [-0.2, -0.15) is 0 Å². The van der Waals surface area contributed by atoms with Crippen LogP contribution in [0, 0.1) is 10.1 Å². The van der Waals surface area contributed by atoms with Gasteiger partial charge in [-0.3, -0.25) is 14.9 Å². The molecule has 0 heterocycles. The van der Waals surface area contributed by atoms with Crippen LogP contribution in [0.1, 0.15) is 10.4 Å². The van der Waals surface area contributed by atoms with Gasteiger partial charge in [0, 0.05) is 37.0 Å². The summed E-state index contributed by atoms with van der Waals surface area (Å²) in [4.78, 5) is 22.1. The fraction of sp³-hybridized carbons (Fsp3) is 0.188. The molecule has 0 saturated carbocycles. The molecule has 2 rings (SSSR count). The number of phenols is 1. The summed E-state index contributed by atoms with van der Waals surface area (Å²) in [6, 6.07) is 10.4. The second-order valence-corrected chi connectivity index (χ2v) is 4.87. The summed E-state index contributed by atoms with van der Waals surface area (Å²) in [5.41, 5.74) is 0.886. The summed E-state index contributed by atoms with van der Waals surface area (Å²) in [5.74, 6) is -0.0975.